The highest BCUT2D eigenvalue weighted by atomic mass is 16.8. The average molecular weight is 923 g/mol. The van der Waals surface area contributed by atoms with E-state index in [1.165, 1.54) is 0 Å². The molecule has 6 aromatic carbocycles. The number of rotatable bonds is 25. The van der Waals surface area contributed by atoms with Crippen LogP contribution in [-0.2, 0) is 87.0 Å². The Balaban J connectivity index is 1.18. The minimum atomic E-state index is -1.15. The van der Waals surface area contributed by atoms with Crippen molar-refractivity contribution >= 4 is 0 Å². The van der Waals surface area contributed by atoms with Gasteiger partial charge in [0, 0.05) is 0 Å². The van der Waals surface area contributed by atoms with Crippen LogP contribution >= 0.6 is 0 Å². The van der Waals surface area contributed by atoms with Crippen LogP contribution in [0.3, 0.4) is 0 Å². The number of aliphatic hydroxyl groups excluding tert-OH is 1. The first-order chi connectivity index (χ1) is 33.6. The van der Waals surface area contributed by atoms with Crippen molar-refractivity contribution < 1.29 is 52.5 Å². The third-order valence-corrected chi connectivity index (χ3v) is 11.9. The largest absolute Gasteiger partial charge is 0.394 e. The van der Waals surface area contributed by atoms with Gasteiger partial charge in [-0.1, -0.05) is 188 Å². The Labute approximate surface area is 400 Å². The van der Waals surface area contributed by atoms with E-state index in [-0.39, 0.29) is 46.2 Å². The van der Waals surface area contributed by atoms with E-state index in [2.05, 4.69) is 6.58 Å². The molecule has 10 atom stereocenters. The van der Waals surface area contributed by atoms with Crippen molar-refractivity contribution in [2.75, 3.05) is 19.8 Å². The number of aliphatic hydroxyl groups is 1. The fourth-order valence-electron chi connectivity index (χ4n) is 8.40. The van der Waals surface area contributed by atoms with Gasteiger partial charge in [0.1, 0.15) is 48.8 Å². The molecule has 0 aliphatic carbocycles. The zero-order chi connectivity index (χ0) is 46.6. The summed E-state index contributed by atoms with van der Waals surface area (Å²) in [6.07, 6.45) is -7.10. The van der Waals surface area contributed by atoms with Crippen LogP contribution in [0.2, 0.25) is 0 Å². The van der Waals surface area contributed by atoms with Gasteiger partial charge in [0.15, 0.2) is 12.6 Å². The maximum absolute atomic E-state index is 11.2. The van der Waals surface area contributed by atoms with Gasteiger partial charge in [-0.3, -0.25) is 0 Å². The summed E-state index contributed by atoms with van der Waals surface area (Å²) in [5.74, 6) is 0. The highest BCUT2D eigenvalue weighted by molar-refractivity contribution is 5.18. The van der Waals surface area contributed by atoms with Crippen molar-refractivity contribution in [1.29, 1.82) is 0 Å². The molecule has 356 valence electrons. The Hall–Kier alpha value is -5.38. The summed E-state index contributed by atoms with van der Waals surface area (Å²) in [6, 6.07) is 59.5. The molecule has 0 aromatic heterocycles. The Morgan fingerprint density at radius 3 is 1.12 bits per heavy atom. The van der Waals surface area contributed by atoms with Crippen LogP contribution in [0.15, 0.2) is 195 Å². The molecule has 6 aromatic rings. The summed E-state index contributed by atoms with van der Waals surface area (Å²) in [4.78, 5) is 0. The summed E-state index contributed by atoms with van der Waals surface area (Å²) < 4.78 is 68.3. The van der Waals surface area contributed by atoms with Crippen LogP contribution in [0.25, 0.3) is 0 Å². The number of hydrogen-bond acceptors (Lipinski definition) is 11. The van der Waals surface area contributed by atoms with E-state index in [4.69, 9.17) is 47.4 Å². The minimum absolute atomic E-state index is 0.0898. The zero-order valence-electron chi connectivity index (χ0n) is 38.3. The van der Waals surface area contributed by atoms with Gasteiger partial charge in [-0.25, -0.2) is 0 Å². The van der Waals surface area contributed by atoms with E-state index in [9.17, 15) is 5.11 Å². The third kappa shape index (κ3) is 14.1. The molecule has 68 heavy (non-hydrogen) atoms. The second-order valence-corrected chi connectivity index (χ2v) is 16.8. The molecule has 2 fully saturated rings. The molecule has 0 bridgehead atoms. The maximum Gasteiger partial charge on any atom is 0.187 e. The molecule has 2 saturated heterocycles. The maximum atomic E-state index is 11.2. The van der Waals surface area contributed by atoms with Gasteiger partial charge in [0.05, 0.1) is 59.5 Å². The molecule has 0 radical (unpaired) electrons. The first-order valence-corrected chi connectivity index (χ1v) is 23.3. The number of ether oxygens (including phenoxy) is 10. The van der Waals surface area contributed by atoms with E-state index in [1.54, 1.807) is 6.08 Å². The molecule has 11 nitrogen and oxygen atoms in total. The van der Waals surface area contributed by atoms with Gasteiger partial charge >= 0.3 is 0 Å². The second kappa shape index (κ2) is 26.4. The quantitative estimate of drug-likeness (QED) is 0.0555. The van der Waals surface area contributed by atoms with Crippen molar-refractivity contribution in [1.82, 2.24) is 0 Å². The third-order valence-electron chi connectivity index (χ3n) is 11.9. The highest BCUT2D eigenvalue weighted by Crippen LogP contribution is 2.37. The monoisotopic (exact) mass is 922 g/mol. The van der Waals surface area contributed by atoms with Crippen LogP contribution in [0.5, 0.6) is 0 Å². The van der Waals surface area contributed by atoms with E-state index in [0.717, 1.165) is 33.4 Å². The lowest BCUT2D eigenvalue weighted by Gasteiger charge is -2.50. The molecule has 11 heteroatoms. The number of benzene rings is 6. The van der Waals surface area contributed by atoms with E-state index in [0.29, 0.717) is 6.61 Å². The van der Waals surface area contributed by atoms with Crippen molar-refractivity contribution in [3.8, 4) is 0 Å². The van der Waals surface area contributed by atoms with Crippen LogP contribution in [0, 0.1) is 0 Å². The average Bonchev–Trinajstić information content (AvgIpc) is 3.40. The van der Waals surface area contributed by atoms with Crippen LogP contribution in [0.1, 0.15) is 33.4 Å². The summed E-state index contributed by atoms with van der Waals surface area (Å²) in [5.41, 5.74) is 5.75. The molecule has 2 heterocycles. The molecule has 1 N–H and O–H groups in total. The smallest absolute Gasteiger partial charge is 0.187 e. The van der Waals surface area contributed by atoms with Crippen molar-refractivity contribution in [3.05, 3.63) is 228 Å². The van der Waals surface area contributed by atoms with Crippen molar-refractivity contribution in [3.63, 3.8) is 0 Å². The van der Waals surface area contributed by atoms with Crippen molar-refractivity contribution in [2.45, 2.75) is 101 Å². The van der Waals surface area contributed by atoms with Gasteiger partial charge in [-0.15, -0.1) is 6.58 Å². The van der Waals surface area contributed by atoms with E-state index in [1.807, 2.05) is 182 Å². The molecular weight excluding hydrogens is 861 g/mol. The molecule has 8 rings (SSSR count). The lowest BCUT2D eigenvalue weighted by atomic mass is 9.95. The molecule has 1 unspecified atom stereocenters. The molecule has 0 amide bonds. The van der Waals surface area contributed by atoms with E-state index < -0.39 is 68.0 Å². The van der Waals surface area contributed by atoms with E-state index >= 15 is 0 Å². The molecular formula is C57H62O11. The van der Waals surface area contributed by atoms with Crippen LogP contribution in [0.4, 0.5) is 0 Å². The Morgan fingerprint density at radius 2 is 0.721 bits per heavy atom. The Kier molecular flexibility index (Phi) is 19.0. The normalized spacial score (nSPS) is 24.9. The zero-order valence-corrected chi connectivity index (χ0v) is 38.3. The van der Waals surface area contributed by atoms with Crippen LogP contribution in [-0.4, -0.2) is 86.3 Å². The number of hydrogen-bond donors (Lipinski definition) is 1. The fraction of sp³-hybridized carbons (Fsp3) is 0.333. The van der Waals surface area contributed by atoms with Gasteiger partial charge < -0.3 is 52.5 Å². The highest BCUT2D eigenvalue weighted by Gasteiger charge is 2.54. The summed E-state index contributed by atoms with van der Waals surface area (Å²) in [7, 11) is 0. The van der Waals surface area contributed by atoms with Crippen molar-refractivity contribution in [2.24, 2.45) is 0 Å². The minimum Gasteiger partial charge on any atom is -0.394 e. The standard InChI is InChI=1S/C57H62O11/c1-2-33-60-56-54(64-39-46-29-17-7-18-30-46)53(63-38-45-27-15-6-16-28-45)51(49(67-56)41-59-35-42-21-9-3-10-22-42)68-57-55(65-40-47-31-19-8-20-32-47)52(62-37-44-25-13-5-14-26-44)50(48(34-58)66-57)61-36-43-23-11-4-12-24-43/h2-32,48-58H,1,33-41H2/t48-,49-,50-,51-,52+,53+,54-,55-,56?,57-/m1/s1. The topological polar surface area (TPSA) is 113 Å². The van der Waals surface area contributed by atoms with Crippen LogP contribution < -0.4 is 0 Å². The van der Waals surface area contributed by atoms with Gasteiger partial charge in [-0.2, -0.15) is 0 Å². The Bertz CT molecular complexity index is 2290. The molecule has 0 saturated carbocycles. The first-order valence-electron chi connectivity index (χ1n) is 23.3. The van der Waals surface area contributed by atoms with Gasteiger partial charge in [0.25, 0.3) is 0 Å². The SMILES string of the molecule is C=CCOC1O[C@H](COCc2ccccc2)[C@@H](O[C@H]2O[C@H](CO)[C@@H](OCc3ccccc3)[C@H](OCc3ccccc3)[C@H]2OCc2ccccc2)[C@H](OCc2ccccc2)[C@H]1OCc1ccccc1. The summed E-state index contributed by atoms with van der Waals surface area (Å²) >= 11 is 0. The fourth-order valence-corrected chi connectivity index (χ4v) is 8.40. The Morgan fingerprint density at radius 1 is 0.382 bits per heavy atom. The first kappa shape index (κ1) is 49.1. The van der Waals surface area contributed by atoms with Gasteiger partial charge in [0.2, 0.25) is 0 Å². The summed E-state index contributed by atoms with van der Waals surface area (Å²) in [5, 5.41) is 11.2. The molecule has 2 aliphatic heterocycles. The lowest BCUT2D eigenvalue weighted by Crippen LogP contribution is -2.66. The summed E-state index contributed by atoms with van der Waals surface area (Å²) in [6.45, 7) is 5.26. The molecule has 0 spiro atoms. The van der Waals surface area contributed by atoms with Gasteiger partial charge in [-0.05, 0) is 33.4 Å². The second-order valence-electron chi connectivity index (χ2n) is 16.8. The predicted molar refractivity (Wildman–Crippen MR) is 257 cm³/mol. The lowest BCUT2D eigenvalue weighted by molar-refractivity contribution is -0.376. The molecule has 2 aliphatic rings. The predicted octanol–water partition coefficient (Wildman–Crippen LogP) is 9.16.